The molecule has 1 aromatic rings. The van der Waals surface area contributed by atoms with Crippen molar-refractivity contribution < 1.29 is 9.59 Å². The largest absolute Gasteiger partial charge is 0.355 e. The van der Waals surface area contributed by atoms with E-state index in [2.05, 4.69) is 10.6 Å². The minimum atomic E-state index is -0.241. The molecular formula is C16H23Cl2N3O2. The van der Waals surface area contributed by atoms with Gasteiger partial charge in [-0.05, 0) is 38.1 Å². The molecule has 0 aliphatic heterocycles. The lowest BCUT2D eigenvalue weighted by Gasteiger charge is -2.19. The lowest BCUT2D eigenvalue weighted by Crippen LogP contribution is -2.41. The highest BCUT2D eigenvalue weighted by Crippen LogP contribution is 2.25. The summed E-state index contributed by atoms with van der Waals surface area (Å²) in [6, 6.07) is 4.92. The van der Waals surface area contributed by atoms with Crippen molar-refractivity contribution in [2.75, 3.05) is 26.7 Å². The Morgan fingerprint density at radius 1 is 1.22 bits per heavy atom. The molecule has 23 heavy (non-hydrogen) atoms. The zero-order valence-corrected chi connectivity index (χ0v) is 15.2. The summed E-state index contributed by atoms with van der Waals surface area (Å²) in [7, 11) is 1.73. The van der Waals surface area contributed by atoms with E-state index in [-0.39, 0.29) is 30.9 Å². The first kappa shape index (κ1) is 19.7. The summed E-state index contributed by atoms with van der Waals surface area (Å²) in [5, 5.41) is 6.70. The van der Waals surface area contributed by atoms with Gasteiger partial charge in [0.05, 0.1) is 19.1 Å². The predicted molar refractivity (Wildman–Crippen MR) is 93.8 cm³/mol. The Kier molecular flexibility index (Phi) is 8.37. The Bertz CT molecular complexity index is 552. The Balaban J connectivity index is 2.47. The minimum Gasteiger partial charge on any atom is -0.355 e. The highest BCUT2D eigenvalue weighted by Gasteiger charge is 2.15. The van der Waals surface area contributed by atoms with Gasteiger partial charge in [0.2, 0.25) is 11.8 Å². The molecule has 0 aliphatic rings. The Morgan fingerprint density at radius 3 is 2.48 bits per heavy atom. The van der Waals surface area contributed by atoms with E-state index in [0.29, 0.717) is 16.6 Å². The van der Waals surface area contributed by atoms with Gasteiger partial charge in [-0.1, -0.05) is 36.2 Å². The molecule has 1 aromatic carbocycles. The van der Waals surface area contributed by atoms with Crippen LogP contribution in [0, 0.1) is 0 Å². The number of halogens is 2. The van der Waals surface area contributed by atoms with Crippen molar-refractivity contribution in [3.8, 4) is 0 Å². The number of likely N-dealkylation sites (N-methyl/N-ethyl adjacent to an activating group) is 1. The number of benzene rings is 1. The van der Waals surface area contributed by atoms with Gasteiger partial charge in [-0.25, -0.2) is 0 Å². The fourth-order valence-corrected chi connectivity index (χ4v) is 2.66. The van der Waals surface area contributed by atoms with Gasteiger partial charge in [0.1, 0.15) is 0 Å². The predicted octanol–water partition coefficient (Wildman–Crippen LogP) is 2.63. The molecule has 0 radical (unpaired) electrons. The van der Waals surface area contributed by atoms with Crippen LogP contribution in [0.25, 0.3) is 0 Å². The van der Waals surface area contributed by atoms with E-state index >= 15 is 0 Å². The third kappa shape index (κ3) is 7.20. The molecule has 2 N–H and O–H groups in total. The van der Waals surface area contributed by atoms with E-state index < -0.39 is 0 Å². The highest BCUT2D eigenvalue weighted by molar-refractivity contribution is 6.35. The summed E-state index contributed by atoms with van der Waals surface area (Å²) in [4.78, 5) is 25.3. The van der Waals surface area contributed by atoms with Crippen molar-refractivity contribution in [3.05, 3.63) is 33.8 Å². The Labute approximate surface area is 147 Å². The van der Waals surface area contributed by atoms with Crippen molar-refractivity contribution in [1.29, 1.82) is 0 Å². The van der Waals surface area contributed by atoms with E-state index in [1.165, 1.54) is 0 Å². The first-order valence-electron chi connectivity index (χ1n) is 7.53. The second-order valence-corrected chi connectivity index (χ2v) is 6.32. The average Bonchev–Trinajstić information content (AvgIpc) is 2.44. The molecule has 7 heteroatoms. The number of carbonyl (C=O) groups excluding carboxylic acids is 2. The van der Waals surface area contributed by atoms with E-state index in [1.807, 2.05) is 13.8 Å². The number of amides is 2. The summed E-state index contributed by atoms with van der Waals surface area (Å²) < 4.78 is 0. The Morgan fingerprint density at radius 2 is 1.87 bits per heavy atom. The van der Waals surface area contributed by atoms with Crippen molar-refractivity contribution in [2.45, 2.75) is 26.3 Å². The quantitative estimate of drug-likeness (QED) is 0.749. The van der Waals surface area contributed by atoms with Crippen LogP contribution in [0.4, 0.5) is 0 Å². The van der Waals surface area contributed by atoms with Crippen LogP contribution in [0.5, 0.6) is 0 Å². The summed E-state index contributed by atoms with van der Waals surface area (Å²) >= 11 is 12.0. The van der Waals surface area contributed by atoms with Gasteiger partial charge in [-0.2, -0.15) is 0 Å². The van der Waals surface area contributed by atoms with Crippen LogP contribution < -0.4 is 10.6 Å². The van der Waals surface area contributed by atoms with E-state index in [9.17, 15) is 9.59 Å². The number of hydrogen-bond donors (Lipinski definition) is 2. The number of hydrogen-bond acceptors (Lipinski definition) is 3. The van der Waals surface area contributed by atoms with E-state index in [0.717, 1.165) is 12.0 Å². The van der Waals surface area contributed by atoms with Gasteiger partial charge >= 0.3 is 0 Å². The lowest BCUT2D eigenvalue weighted by molar-refractivity contribution is -0.124. The number of carbonyl (C=O) groups is 2. The third-order valence-electron chi connectivity index (χ3n) is 3.21. The van der Waals surface area contributed by atoms with Gasteiger partial charge in [0.25, 0.3) is 0 Å². The van der Waals surface area contributed by atoms with Crippen molar-refractivity contribution >= 4 is 35.0 Å². The van der Waals surface area contributed by atoms with Crippen LogP contribution in [0.1, 0.15) is 31.9 Å². The average molecular weight is 360 g/mol. The second kappa shape index (κ2) is 9.75. The summed E-state index contributed by atoms with van der Waals surface area (Å²) in [6.45, 7) is 4.80. The van der Waals surface area contributed by atoms with Gasteiger partial charge < -0.3 is 10.6 Å². The molecule has 0 saturated carbocycles. The van der Waals surface area contributed by atoms with Gasteiger partial charge in [-0.15, -0.1) is 0 Å². The monoisotopic (exact) mass is 359 g/mol. The van der Waals surface area contributed by atoms with Crippen LogP contribution in [-0.2, 0) is 9.59 Å². The van der Waals surface area contributed by atoms with Gasteiger partial charge in [-0.3, -0.25) is 14.5 Å². The first-order chi connectivity index (χ1) is 10.8. The summed E-state index contributed by atoms with van der Waals surface area (Å²) in [5.41, 5.74) is 0.799. The minimum absolute atomic E-state index is 0.0871. The highest BCUT2D eigenvalue weighted by atomic mass is 35.5. The van der Waals surface area contributed by atoms with Crippen LogP contribution in [-0.4, -0.2) is 43.4 Å². The van der Waals surface area contributed by atoms with Crippen LogP contribution in [0.2, 0.25) is 10.0 Å². The van der Waals surface area contributed by atoms with Crippen LogP contribution >= 0.6 is 23.2 Å². The first-order valence-corrected chi connectivity index (χ1v) is 8.28. The summed E-state index contributed by atoms with van der Waals surface area (Å²) in [5.74, 6) is -0.259. The third-order valence-corrected chi connectivity index (χ3v) is 3.77. The normalized spacial score (nSPS) is 12.1. The molecule has 128 valence electrons. The maximum Gasteiger partial charge on any atom is 0.234 e. The fourth-order valence-electron chi connectivity index (χ4n) is 2.08. The van der Waals surface area contributed by atoms with Crippen LogP contribution in [0.15, 0.2) is 18.2 Å². The molecule has 0 aliphatic carbocycles. The molecule has 1 atom stereocenters. The smallest absolute Gasteiger partial charge is 0.234 e. The van der Waals surface area contributed by atoms with Crippen molar-refractivity contribution in [2.24, 2.45) is 0 Å². The maximum atomic E-state index is 12.1. The molecular weight excluding hydrogens is 337 g/mol. The molecule has 0 bridgehead atoms. The SMILES string of the molecule is CCCNC(=O)CN(C)CC(=O)N[C@H](C)c1ccc(Cl)cc1Cl. The van der Waals surface area contributed by atoms with Gasteiger partial charge in [0.15, 0.2) is 0 Å². The molecule has 0 unspecified atom stereocenters. The number of nitrogens with zero attached hydrogens (tertiary/aromatic N) is 1. The topological polar surface area (TPSA) is 61.4 Å². The standard InChI is InChI=1S/C16H23Cl2N3O2/c1-4-7-19-15(22)9-21(3)10-16(23)20-11(2)13-6-5-12(17)8-14(13)18/h5-6,8,11H,4,7,9-10H2,1-3H3,(H,19,22)(H,20,23)/t11-/m1/s1. The van der Waals surface area contributed by atoms with Crippen LogP contribution in [0.3, 0.4) is 0 Å². The van der Waals surface area contributed by atoms with Crippen molar-refractivity contribution in [3.63, 3.8) is 0 Å². The zero-order chi connectivity index (χ0) is 17.4. The van der Waals surface area contributed by atoms with E-state index in [4.69, 9.17) is 23.2 Å². The molecule has 0 aromatic heterocycles. The molecule has 5 nitrogen and oxygen atoms in total. The second-order valence-electron chi connectivity index (χ2n) is 5.48. The van der Waals surface area contributed by atoms with E-state index in [1.54, 1.807) is 30.1 Å². The fraction of sp³-hybridized carbons (Fsp3) is 0.500. The molecule has 0 saturated heterocycles. The lowest BCUT2D eigenvalue weighted by atomic mass is 10.1. The summed E-state index contributed by atoms with van der Waals surface area (Å²) in [6.07, 6.45) is 0.884. The molecule has 0 fully saturated rings. The molecule has 0 heterocycles. The Hall–Kier alpha value is -1.30. The van der Waals surface area contributed by atoms with Gasteiger partial charge in [0, 0.05) is 16.6 Å². The zero-order valence-electron chi connectivity index (χ0n) is 13.7. The van der Waals surface area contributed by atoms with Crippen molar-refractivity contribution in [1.82, 2.24) is 15.5 Å². The molecule has 2 amide bonds. The maximum absolute atomic E-state index is 12.1. The number of rotatable bonds is 8. The number of nitrogens with one attached hydrogen (secondary N) is 2. The molecule has 1 rings (SSSR count). The molecule has 0 spiro atoms.